The van der Waals surface area contributed by atoms with E-state index < -0.39 is 5.97 Å². The SMILES string of the molecule is CCCCC/C=C\C/C=C\CCCCCCCC(=O)O.CN(C)CCCN. The van der Waals surface area contributed by atoms with Gasteiger partial charge in [-0.15, -0.1) is 0 Å². The molecule has 160 valence electrons. The highest BCUT2D eigenvalue weighted by Crippen LogP contribution is 2.08. The van der Waals surface area contributed by atoms with E-state index in [1.807, 2.05) is 0 Å². The van der Waals surface area contributed by atoms with Gasteiger partial charge in [-0.05, 0) is 72.1 Å². The lowest BCUT2D eigenvalue weighted by Gasteiger charge is -2.05. The maximum atomic E-state index is 10.3. The number of unbranched alkanes of at least 4 members (excludes halogenated alkanes) is 8. The molecule has 0 rings (SSSR count). The van der Waals surface area contributed by atoms with Gasteiger partial charge in [0.25, 0.3) is 0 Å². The number of carbonyl (C=O) groups is 1. The Bertz CT molecular complexity index is 352. The molecule has 27 heavy (non-hydrogen) atoms. The number of carboxylic acids is 1. The van der Waals surface area contributed by atoms with Crippen LogP contribution in [-0.4, -0.2) is 43.2 Å². The van der Waals surface area contributed by atoms with Gasteiger partial charge in [-0.25, -0.2) is 0 Å². The standard InChI is InChI=1S/C18H32O2.C5H14N2/c1-2-3-4-5-6-7-8-9-10-11-12-13-14-15-16-17-18(19)20;1-7(2)5-3-4-6/h6-7,9-10H,2-5,8,11-17H2,1H3,(H,19,20);3-6H2,1-2H3/b7-6-,10-9-;. The third-order valence-corrected chi connectivity index (χ3v) is 4.15. The van der Waals surface area contributed by atoms with Crippen LogP contribution in [0.25, 0.3) is 0 Å². The second-order valence-corrected chi connectivity index (χ2v) is 7.32. The number of hydrogen-bond acceptors (Lipinski definition) is 3. The Hall–Kier alpha value is -1.13. The van der Waals surface area contributed by atoms with Gasteiger partial charge in [-0.2, -0.15) is 0 Å². The average molecular weight is 383 g/mol. The molecular weight excluding hydrogens is 336 g/mol. The van der Waals surface area contributed by atoms with Crippen molar-refractivity contribution >= 4 is 5.97 Å². The van der Waals surface area contributed by atoms with E-state index in [0.29, 0.717) is 6.42 Å². The molecule has 0 aliphatic rings. The van der Waals surface area contributed by atoms with E-state index in [1.165, 1.54) is 44.9 Å². The van der Waals surface area contributed by atoms with E-state index >= 15 is 0 Å². The minimum Gasteiger partial charge on any atom is -0.481 e. The van der Waals surface area contributed by atoms with Gasteiger partial charge in [0.1, 0.15) is 0 Å². The molecule has 0 aromatic rings. The van der Waals surface area contributed by atoms with Gasteiger partial charge in [0.05, 0.1) is 0 Å². The lowest BCUT2D eigenvalue weighted by molar-refractivity contribution is -0.137. The molecule has 3 N–H and O–H groups in total. The smallest absolute Gasteiger partial charge is 0.303 e. The Kier molecular flexibility index (Phi) is 25.9. The van der Waals surface area contributed by atoms with E-state index in [1.54, 1.807) is 0 Å². The summed E-state index contributed by atoms with van der Waals surface area (Å²) in [5.74, 6) is -0.671. The van der Waals surface area contributed by atoms with Crippen molar-refractivity contribution in [2.75, 3.05) is 27.2 Å². The first-order chi connectivity index (χ1) is 13.0. The van der Waals surface area contributed by atoms with Crippen LogP contribution >= 0.6 is 0 Å². The molecule has 0 spiro atoms. The van der Waals surface area contributed by atoms with Crippen LogP contribution in [0.4, 0.5) is 0 Å². The van der Waals surface area contributed by atoms with Crippen molar-refractivity contribution in [3.63, 3.8) is 0 Å². The summed E-state index contributed by atoms with van der Waals surface area (Å²) in [4.78, 5) is 12.5. The third-order valence-electron chi connectivity index (χ3n) is 4.15. The molecule has 0 heterocycles. The quantitative estimate of drug-likeness (QED) is 0.247. The minimum absolute atomic E-state index is 0.324. The van der Waals surface area contributed by atoms with E-state index in [2.05, 4.69) is 50.2 Å². The number of carboxylic acid groups (broad SMARTS) is 1. The molecule has 0 saturated carbocycles. The monoisotopic (exact) mass is 382 g/mol. The molecule has 0 radical (unpaired) electrons. The van der Waals surface area contributed by atoms with Crippen LogP contribution in [0.1, 0.15) is 90.4 Å². The van der Waals surface area contributed by atoms with Crippen LogP contribution in [-0.2, 0) is 4.79 Å². The lowest BCUT2D eigenvalue weighted by Crippen LogP contribution is -2.16. The van der Waals surface area contributed by atoms with Gasteiger partial charge in [0.2, 0.25) is 0 Å². The summed E-state index contributed by atoms with van der Waals surface area (Å²) < 4.78 is 0. The van der Waals surface area contributed by atoms with Crippen LogP contribution in [0.3, 0.4) is 0 Å². The Morgan fingerprint density at radius 2 is 1.41 bits per heavy atom. The van der Waals surface area contributed by atoms with Crippen molar-refractivity contribution in [3.8, 4) is 0 Å². The van der Waals surface area contributed by atoms with Crippen LogP contribution in [0.15, 0.2) is 24.3 Å². The van der Waals surface area contributed by atoms with E-state index in [9.17, 15) is 4.79 Å². The first kappa shape index (κ1) is 28.1. The zero-order valence-corrected chi connectivity index (χ0v) is 18.3. The number of nitrogens with zero attached hydrogens (tertiary/aromatic N) is 1. The average Bonchev–Trinajstić information content (AvgIpc) is 2.63. The molecule has 4 nitrogen and oxygen atoms in total. The maximum Gasteiger partial charge on any atom is 0.303 e. The van der Waals surface area contributed by atoms with Gasteiger partial charge >= 0.3 is 5.97 Å². The molecule has 0 atom stereocenters. The number of allylic oxidation sites excluding steroid dienone is 4. The van der Waals surface area contributed by atoms with Crippen LogP contribution in [0, 0.1) is 0 Å². The van der Waals surface area contributed by atoms with Gasteiger partial charge in [0.15, 0.2) is 0 Å². The Morgan fingerprint density at radius 1 is 0.852 bits per heavy atom. The van der Waals surface area contributed by atoms with E-state index in [0.717, 1.165) is 45.2 Å². The molecular formula is C23H46N2O2. The zero-order valence-electron chi connectivity index (χ0n) is 18.3. The minimum atomic E-state index is -0.671. The van der Waals surface area contributed by atoms with Crippen molar-refractivity contribution in [2.24, 2.45) is 5.73 Å². The molecule has 0 aliphatic heterocycles. The summed E-state index contributed by atoms with van der Waals surface area (Å²) in [5.41, 5.74) is 5.25. The van der Waals surface area contributed by atoms with Crippen LogP contribution in [0.5, 0.6) is 0 Å². The number of aliphatic carboxylic acids is 1. The number of hydrogen-bond donors (Lipinski definition) is 2. The fraction of sp³-hybridized carbons (Fsp3) is 0.783. The summed E-state index contributed by atoms with van der Waals surface area (Å²) in [6.07, 6.45) is 23.4. The molecule has 0 aromatic carbocycles. The third kappa shape index (κ3) is 32.9. The van der Waals surface area contributed by atoms with Crippen molar-refractivity contribution < 1.29 is 9.90 Å². The zero-order chi connectivity index (χ0) is 20.6. The fourth-order valence-electron chi connectivity index (χ4n) is 2.50. The second-order valence-electron chi connectivity index (χ2n) is 7.32. The molecule has 4 heteroatoms. The largest absolute Gasteiger partial charge is 0.481 e. The van der Waals surface area contributed by atoms with Gasteiger partial charge in [-0.1, -0.05) is 63.3 Å². The Morgan fingerprint density at radius 3 is 1.89 bits per heavy atom. The number of rotatable bonds is 17. The maximum absolute atomic E-state index is 10.3. The van der Waals surface area contributed by atoms with Gasteiger partial charge < -0.3 is 15.7 Å². The predicted octanol–water partition coefficient (Wildman–Crippen LogP) is 5.78. The fourth-order valence-corrected chi connectivity index (χ4v) is 2.50. The highest BCUT2D eigenvalue weighted by molar-refractivity contribution is 5.66. The van der Waals surface area contributed by atoms with Crippen LogP contribution in [0.2, 0.25) is 0 Å². The van der Waals surface area contributed by atoms with Crippen molar-refractivity contribution in [1.82, 2.24) is 4.90 Å². The summed E-state index contributed by atoms with van der Waals surface area (Å²) in [7, 11) is 4.10. The molecule has 0 aliphatic carbocycles. The lowest BCUT2D eigenvalue weighted by atomic mass is 10.1. The Labute approximate surface area is 168 Å². The van der Waals surface area contributed by atoms with Gasteiger partial charge in [0, 0.05) is 6.42 Å². The Balaban J connectivity index is 0. The molecule has 0 bridgehead atoms. The summed E-state index contributed by atoms with van der Waals surface area (Å²) in [5, 5.41) is 8.50. The van der Waals surface area contributed by atoms with E-state index in [4.69, 9.17) is 10.8 Å². The number of nitrogens with two attached hydrogens (primary N) is 1. The molecule has 0 saturated heterocycles. The highest BCUT2D eigenvalue weighted by Gasteiger charge is 1.95. The first-order valence-corrected chi connectivity index (χ1v) is 10.9. The second kappa shape index (κ2) is 24.9. The van der Waals surface area contributed by atoms with Crippen molar-refractivity contribution in [1.29, 1.82) is 0 Å². The van der Waals surface area contributed by atoms with Crippen LogP contribution < -0.4 is 5.73 Å². The predicted molar refractivity (Wildman–Crippen MR) is 119 cm³/mol. The summed E-state index contributed by atoms with van der Waals surface area (Å²) in [6.45, 7) is 4.15. The van der Waals surface area contributed by atoms with E-state index in [-0.39, 0.29) is 0 Å². The molecule has 0 aromatic heterocycles. The normalized spacial score (nSPS) is 11.3. The summed E-state index contributed by atoms with van der Waals surface area (Å²) >= 11 is 0. The molecule has 0 amide bonds. The highest BCUT2D eigenvalue weighted by atomic mass is 16.4. The van der Waals surface area contributed by atoms with Gasteiger partial charge in [-0.3, -0.25) is 4.79 Å². The van der Waals surface area contributed by atoms with Crippen molar-refractivity contribution in [2.45, 2.75) is 90.4 Å². The summed E-state index contributed by atoms with van der Waals surface area (Å²) in [6, 6.07) is 0. The topological polar surface area (TPSA) is 66.6 Å². The molecule has 0 unspecified atom stereocenters. The molecule has 0 fully saturated rings. The first-order valence-electron chi connectivity index (χ1n) is 10.9. The van der Waals surface area contributed by atoms with Crippen molar-refractivity contribution in [3.05, 3.63) is 24.3 Å².